The number of hydrogen-bond acceptors (Lipinski definition) is 2. The molecule has 4 rings (SSSR count). The van der Waals surface area contributed by atoms with Crippen LogP contribution in [0.4, 0.5) is 10.1 Å². The summed E-state index contributed by atoms with van der Waals surface area (Å²) in [6.07, 6.45) is 4.89. The maximum Gasteiger partial charge on any atom is 0.248 e. The van der Waals surface area contributed by atoms with Crippen molar-refractivity contribution in [2.45, 2.75) is 6.54 Å². The van der Waals surface area contributed by atoms with E-state index in [0.717, 1.165) is 17.0 Å². The molecule has 1 amide bonds. The molecule has 29 heavy (non-hydrogen) atoms. The summed E-state index contributed by atoms with van der Waals surface area (Å²) in [7, 11) is 0. The molecule has 0 unspecified atom stereocenters. The van der Waals surface area contributed by atoms with Gasteiger partial charge in [-0.3, -0.25) is 4.79 Å². The van der Waals surface area contributed by atoms with Gasteiger partial charge in [-0.2, -0.15) is 0 Å². The summed E-state index contributed by atoms with van der Waals surface area (Å²) in [4.78, 5) is 12.4. The van der Waals surface area contributed by atoms with Crippen molar-refractivity contribution in [2.75, 3.05) is 5.32 Å². The molecule has 0 atom stereocenters. The van der Waals surface area contributed by atoms with Gasteiger partial charge in [-0.1, -0.05) is 48.5 Å². The Balaban J connectivity index is 1.57. The average Bonchev–Trinajstić information content (AvgIpc) is 3.13. The number of aromatic nitrogens is 1. The molecule has 3 aromatic carbocycles. The van der Waals surface area contributed by atoms with Crippen LogP contribution in [0.25, 0.3) is 17.0 Å². The minimum absolute atomic E-state index is 0.311. The van der Waals surface area contributed by atoms with Crippen LogP contribution in [0.1, 0.15) is 11.1 Å². The number of benzene rings is 3. The van der Waals surface area contributed by atoms with Gasteiger partial charge in [0.2, 0.25) is 5.91 Å². The van der Waals surface area contributed by atoms with Gasteiger partial charge in [-0.15, -0.1) is 0 Å². The predicted octanol–water partition coefficient (Wildman–Crippen LogP) is 5.19. The third-order valence-electron chi connectivity index (χ3n) is 4.64. The maximum atomic E-state index is 13.1. The number of para-hydroxylation sites is 1. The molecule has 0 spiro atoms. The topological polar surface area (TPSA) is 54.3 Å². The standard InChI is InChI=1S/C24H19FN2O2/c25-20-11-9-17(15-22(20)28)10-12-23(29)26-21-8-4-7-19-13-14-27(24(19)21)16-18-5-2-1-3-6-18/h1-15,28H,16H2,(H,26,29)/b12-10+. The Bertz CT molecular complexity index is 1200. The Hall–Kier alpha value is -3.86. The lowest BCUT2D eigenvalue weighted by Crippen LogP contribution is -2.09. The molecular weight excluding hydrogens is 367 g/mol. The largest absolute Gasteiger partial charge is 0.505 e. The molecule has 4 nitrogen and oxygen atoms in total. The molecule has 4 aromatic rings. The SMILES string of the molecule is O=C(/C=C/c1ccc(F)c(O)c1)Nc1cccc2ccn(Cc3ccccc3)c12. The van der Waals surface area contributed by atoms with E-state index in [4.69, 9.17) is 0 Å². The molecule has 0 radical (unpaired) electrons. The van der Waals surface area contributed by atoms with E-state index in [-0.39, 0.29) is 5.91 Å². The molecule has 1 aromatic heterocycles. The zero-order valence-corrected chi connectivity index (χ0v) is 15.5. The number of aromatic hydroxyl groups is 1. The van der Waals surface area contributed by atoms with Crippen molar-refractivity contribution in [3.05, 3.63) is 102 Å². The fourth-order valence-electron chi connectivity index (χ4n) is 3.25. The van der Waals surface area contributed by atoms with Crippen LogP contribution in [0.5, 0.6) is 5.75 Å². The monoisotopic (exact) mass is 386 g/mol. The van der Waals surface area contributed by atoms with E-state index < -0.39 is 11.6 Å². The first-order valence-electron chi connectivity index (χ1n) is 9.19. The smallest absolute Gasteiger partial charge is 0.248 e. The van der Waals surface area contributed by atoms with Gasteiger partial charge in [0.05, 0.1) is 11.2 Å². The van der Waals surface area contributed by atoms with Crippen molar-refractivity contribution >= 4 is 28.6 Å². The predicted molar refractivity (Wildman–Crippen MR) is 113 cm³/mol. The number of amides is 1. The van der Waals surface area contributed by atoms with E-state index in [9.17, 15) is 14.3 Å². The third-order valence-corrected chi connectivity index (χ3v) is 4.64. The molecule has 0 fully saturated rings. The quantitative estimate of drug-likeness (QED) is 0.464. The summed E-state index contributed by atoms with van der Waals surface area (Å²) in [6.45, 7) is 0.696. The second kappa shape index (κ2) is 8.02. The Morgan fingerprint density at radius 2 is 1.86 bits per heavy atom. The maximum absolute atomic E-state index is 13.1. The second-order valence-corrected chi connectivity index (χ2v) is 6.71. The van der Waals surface area contributed by atoms with Crippen molar-refractivity contribution in [3.8, 4) is 5.75 Å². The molecule has 0 saturated carbocycles. The summed E-state index contributed by atoms with van der Waals surface area (Å²) in [6, 6.07) is 21.8. The molecule has 0 bridgehead atoms. The van der Waals surface area contributed by atoms with E-state index in [1.807, 2.05) is 48.7 Å². The number of phenols is 1. The van der Waals surface area contributed by atoms with E-state index in [1.54, 1.807) is 0 Å². The van der Waals surface area contributed by atoms with Gasteiger partial charge in [-0.05, 0) is 41.5 Å². The third kappa shape index (κ3) is 4.19. The van der Waals surface area contributed by atoms with E-state index in [1.165, 1.54) is 29.8 Å². The Kier molecular flexibility index (Phi) is 5.12. The van der Waals surface area contributed by atoms with E-state index in [2.05, 4.69) is 22.0 Å². The van der Waals surface area contributed by atoms with Crippen molar-refractivity contribution in [1.82, 2.24) is 4.57 Å². The molecule has 1 heterocycles. The molecule has 0 aliphatic rings. The number of hydrogen-bond donors (Lipinski definition) is 2. The van der Waals surface area contributed by atoms with E-state index in [0.29, 0.717) is 17.8 Å². The fraction of sp³-hybridized carbons (Fsp3) is 0.0417. The summed E-state index contributed by atoms with van der Waals surface area (Å²) < 4.78 is 15.2. The van der Waals surface area contributed by atoms with Crippen LogP contribution in [-0.2, 0) is 11.3 Å². The molecule has 144 valence electrons. The highest BCUT2D eigenvalue weighted by molar-refractivity contribution is 6.06. The number of fused-ring (bicyclic) bond motifs is 1. The van der Waals surface area contributed by atoms with Crippen LogP contribution in [-0.4, -0.2) is 15.6 Å². The van der Waals surface area contributed by atoms with Gasteiger partial charge in [0, 0.05) is 24.2 Å². The fourth-order valence-corrected chi connectivity index (χ4v) is 3.25. The molecule has 5 heteroatoms. The molecular formula is C24H19FN2O2. The molecule has 0 aliphatic heterocycles. The first kappa shape index (κ1) is 18.5. The van der Waals surface area contributed by atoms with Crippen molar-refractivity contribution in [1.29, 1.82) is 0 Å². The highest BCUT2D eigenvalue weighted by Crippen LogP contribution is 2.26. The number of phenolic OH excluding ortho intramolecular Hbond substituents is 1. The number of nitrogens with zero attached hydrogens (tertiary/aromatic N) is 1. The van der Waals surface area contributed by atoms with Gasteiger partial charge in [0.1, 0.15) is 0 Å². The van der Waals surface area contributed by atoms with Crippen LogP contribution in [0, 0.1) is 5.82 Å². The number of carbonyl (C=O) groups excluding carboxylic acids is 1. The Morgan fingerprint density at radius 1 is 1.03 bits per heavy atom. The minimum atomic E-state index is -0.697. The van der Waals surface area contributed by atoms with Crippen molar-refractivity contribution < 1.29 is 14.3 Å². The second-order valence-electron chi connectivity index (χ2n) is 6.71. The summed E-state index contributed by atoms with van der Waals surface area (Å²) in [5.41, 5.74) is 3.35. The summed E-state index contributed by atoms with van der Waals surface area (Å²) in [5, 5.41) is 13.4. The van der Waals surface area contributed by atoms with Crippen LogP contribution >= 0.6 is 0 Å². The first-order valence-corrected chi connectivity index (χ1v) is 9.19. The summed E-state index contributed by atoms with van der Waals surface area (Å²) >= 11 is 0. The lowest BCUT2D eigenvalue weighted by molar-refractivity contribution is -0.111. The normalized spacial score (nSPS) is 11.2. The van der Waals surface area contributed by atoms with Crippen molar-refractivity contribution in [3.63, 3.8) is 0 Å². The number of anilines is 1. The Labute approximate surface area is 167 Å². The molecule has 0 saturated heterocycles. The van der Waals surface area contributed by atoms with Gasteiger partial charge in [0.25, 0.3) is 0 Å². The number of carbonyl (C=O) groups is 1. The molecule has 0 aliphatic carbocycles. The van der Waals surface area contributed by atoms with Crippen molar-refractivity contribution in [2.24, 2.45) is 0 Å². The highest BCUT2D eigenvalue weighted by Gasteiger charge is 2.09. The lowest BCUT2D eigenvalue weighted by atomic mass is 10.2. The van der Waals surface area contributed by atoms with Crippen LogP contribution in [0.2, 0.25) is 0 Å². The zero-order chi connectivity index (χ0) is 20.2. The minimum Gasteiger partial charge on any atom is -0.505 e. The zero-order valence-electron chi connectivity index (χ0n) is 15.5. The number of halogens is 1. The van der Waals surface area contributed by atoms with Gasteiger partial charge in [0.15, 0.2) is 11.6 Å². The average molecular weight is 386 g/mol. The number of rotatable bonds is 5. The van der Waals surface area contributed by atoms with Crippen LogP contribution in [0.15, 0.2) is 85.1 Å². The molecule has 2 N–H and O–H groups in total. The van der Waals surface area contributed by atoms with Crippen LogP contribution in [0.3, 0.4) is 0 Å². The van der Waals surface area contributed by atoms with Gasteiger partial charge in [-0.25, -0.2) is 4.39 Å². The lowest BCUT2D eigenvalue weighted by Gasteiger charge is -2.10. The van der Waals surface area contributed by atoms with E-state index >= 15 is 0 Å². The summed E-state index contributed by atoms with van der Waals surface area (Å²) in [5.74, 6) is -1.46. The van der Waals surface area contributed by atoms with Crippen LogP contribution < -0.4 is 5.32 Å². The van der Waals surface area contributed by atoms with Gasteiger partial charge >= 0.3 is 0 Å². The highest BCUT2D eigenvalue weighted by atomic mass is 19.1. The number of nitrogens with one attached hydrogen (secondary N) is 1. The van der Waals surface area contributed by atoms with Gasteiger partial charge < -0.3 is 15.0 Å². The Morgan fingerprint density at radius 3 is 2.66 bits per heavy atom. The first-order chi connectivity index (χ1) is 14.1.